The maximum absolute atomic E-state index is 14.3. The van der Waals surface area contributed by atoms with E-state index in [0.717, 1.165) is 27.3 Å². The van der Waals surface area contributed by atoms with E-state index in [1.165, 1.54) is 4.90 Å². The number of carbonyl (C=O) groups excluding carboxylic acids is 2. The summed E-state index contributed by atoms with van der Waals surface area (Å²) in [5.41, 5.74) is 2.90. The summed E-state index contributed by atoms with van der Waals surface area (Å²) in [7, 11) is -2.28. The van der Waals surface area contributed by atoms with Gasteiger partial charge in [0.1, 0.15) is 18.3 Å². The minimum absolute atomic E-state index is 0.0288. The molecule has 0 radical (unpaired) electrons. The maximum atomic E-state index is 14.3. The third-order valence-electron chi connectivity index (χ3n) is 6.95. The fourth-order valence-corrected chi connectivity index (χ4v) is 5.61. The van der Waals surface area contributed by atoms with Crippen molar-refractivity contribution in [3.63, 3.8) is 0 Å². The monoisotopic (exact) mass is 593 g/mol. The zero-order chi connectivity index (χ0) is 30.9. The second kappa shape index (κ2) is 14.9. The Labute approximate surface area is 250 Å². The van der Waals surface area contributed by atoms with Crippen LogP contribution >= 0.6 is 0 Å². The first-order valence-corrected chi connectivity index (χ1v) is 16.1. The summed E-state index contributed by atoms with van der Waals surface area (Å²) in [5, 5.41) is 3.00. The van der Waals surface area contributed by atoms with E-state index < -0.39 is 28.5 Å². The first-order valence-electron chi connectivity index (χ1n) is 14.2. The number of methoxy groups -OCH3 is 1. The molecule has 42 heavy (non-hydrogen) atoms. The van der Waals surface area contributed by atoms with Gasteiger partial charge in [-0.05, 0) is 46.7 Å². The predicted octanol–water partition coefficient (Wildman–Crippen LogP) is 5.00. The van der Waals surface area contributed by atoms with Gasteiger partial charge in [-0.2, -0.15) is 0 Å². The number of hydrogen-bond acceptors (Lipinski definition) is 5. The van der Waals surface area contributed by atoms with Crippen LogP contribution in [0.3, 0.4) is 0 Å². The van der Waals surface area contributed by atoms with Gasteiger partial charge in [0.05, 0.1) is 19.1 Å². The number of ether oxygens (including phenoxy) is 1. The average Bonchev–Trinajstić information content (AvgIpc) is 2.96. The summed E-state index contributed by atoms with van der Waals surface area (Å²) >= 11 is 0. The summed E-state index contributed by atoms with van der Waals surface area (Å²) in [5.74, 6) is 0.0790. The van der Waals surface area contributed by atoms with Crippen molar-refractivity contribution in [2.24, 2.45) is 5.92 Å². The first-order chi connectivity index (χ1) is 19.9. The number of carbonyl (C=O) groups is 2. The van der Waals surface area contributed by atoms with E-state index in [4.69, 9.17) is 4.74 Å². The van der Waals surface area contributed by atoms with Crippen LogP contribution in [0.25, 0.3) is 0 Å². The van der Waals surface area contributed by atoms with Crippen LogP contribution in [-0.2, 0) is 32.6 Å². The maximum Gasteiger partial charge on any atom is 0.244 e. The first kappa shape index (κ1) is 32.7. The van der Waals surface area contributed by atoms with Crippen molar-refractivity contribution in [2.45, 2.75) is 52.6 Å². The Morgan fingerprint density at radius 3 is 2.14 bits per heavy atom. The Balaban J connectivity index is 2.10. The van der Waals surface area contributed by atoms with E-state index >= 15 is 0 Å². The molecule has 8 nitrogen and oxygen atoms in total. The number of para-hydroxylation sites is 1. The largest absolute Gasteiger partial charge is 0.497 e. The highest BCUT2D eigenvalue weighted by molar-refractivity contribution is 7.92. The van der Waals surface area contributed by atoms with Gasteiger partial charge in [-0.25, -0.2) is 8.42 Å². The van der Waals surface area contributed by atoms with E-state index in [0.29, 0.717) is 18.0 Å². The van der Waals surface area contributed by atoms with Crippen molar-refractivity contribution in [3.05, 3.63) is 95.6 Å². The SMILES string of the molecule is COc1cccc(CN(C(=O)CN(c2ccccc2C(C)C)S(C)(=O)=O)[C@@H](Cc2ccccc2)C(=O)NCC(C)C)c1. The molecule has 0 bridgehead atoms. The molecule has 0 aliphatic rings. The second-order valence-corrected chi connectivity index (χ2v) is 13.1. The summed E-state index contributed by atoms with van der Waals surface area (Å²) < 4.78 is 32.8. The van der Waals surface area contributed by atoms with Gasteiger partial charge in [0.15, 0.2) is 0 Å². The van der Waals surface area contributed by atoms with Crippen LogP contribution in [0, 0.1) is 5.92 Å². The molecular formula is C33H43N3O5S. The number of hydrogen-bond donors (Lipinski definition) is 1. The third-order valence-corrected chi connectivity index (χ3v) is 8.08. The normalized spacial score (nSPS) is 12.2. The van der Waals surface area contributed by atoms with Crippen molar-refractivity contribution >= 4 is 27.5 Å². The minimum Gasteiger partial charge on any atom is -0.497 e. The van der Waals surface area contributed by atoms with Gasteiger partial charge in [-0.1, -0.05) is 88.4 Å². The Kier molecular flexibility index (Phi) is 11.6. The van der Waals surface area contributed by atoms with Gasteiger partial charge in [-0.15, -0.1) is 0 Å². The van der Waals surface area contributed by atoms with Crippen LogP contribution in [0.5, 0.6) is 5.75 Å². The number of rotatable bonds is 14. The van der Waals surface area contributed by atoms with Gasteiger partial charge >= 0.3 is 0 Å². The summed E-state index contributed by atoms with van der Waals surface area (Å²) in [4.78, 5) is 29.5. The molecule has 3 aromatic carbocycles. The number of anilines is 1. The number of nitrogens with one attached hydrogen (secondary N) is 1. The minimum atomic E-state index is -3.85. The summed E-state index contributed by atoms with van der Waals surface area (Å²) in [6.07, 6.45) is 1.36. The fourth-order valence-electron chi connectivity index (χ4n) is 4.74. The molecule has 0 fully saturated rings. The predicted molar refractivity (Wildman–Crippen MR) is 168 cm³/mol. The smallest absolute Gasteiger partial charge is 0.244 e. The lowest BCUT2D eigenvalue weighted by atomic mass is 10.0. The molecule has 0 spiro atoms. The van der Waals surface area contributed by atoms with Gasteiger partial charge < -0.3 is 15.0 Å². The molecule has 0 unspecified atom stereocenters. The molecule has 0 saturated heterocycles. The molecule has 1 N–H and O–H groups in total. The fraction of sp³-hybridized carbons (Fsp3) is 0.394. The summed E-state index contributed by atoms with van der Waals surface area (Å²) in [6, 6.07) is 23.1. The zero-order valence-electron chi connectivity index (χ0n) is 25.4. The molecule has 3 aromatic rings. The summed E-state index contributed by atoms with van der Waals surface area (Å²) in [6.45, 7) is 8.05. The highest BCUT2D eigenvalue weighted by Gasteiger charge is 2.33. The lowest BCUT2D eigenvalue weighted by Crippen LogP contribution is -2.53. The highest BCUT2D eigenvalue weighted by atomic mass is 32.2. The Morgan fingerprint density at radius 1 is 0.881 bits per heavy atom. The van der Waals surface area contributed by atoms with Crippen molar-refractivity contribution < 1.29 is 22.7 Å². The molecule has 0 aliphatic carbocycles. The Bertz CT molecular complexity index is 1440. The van der Waals surface area contributed by atoms with Crippen molar-refractivity contribution in [1.29, 1.82) is 0 Å². The molecule has 2 amide bonds. The van der Waals surface area contributed by atoms with E-state index in [2.05, 4.69) is 5.32 Å². The zero-order valence-corrected chi connectivity index (χ0v) is 26.2. The van der Waals surface area contributed by atoms with Crippen molar-refractivity contribution in [1.82, 2.24) is 10.2 Å². The van der Waals surface area contributed by atoms with Gasteiger partial charge in [0.2, 0.25) is 21.8 Å². The van der Waals surface area contributed by atoms with Gasteiger partial charge in [0, 0.05) is 19.5 Å². The molecule has 1 atom stereocenters. The van der Waals surface area contributed by atoms with Crippen LogP contribution < -0.4 is 14.4 Å². The van der Waals surface area contributed by atoms with E-state index in [1.54, 1.807) is 25.3 Å². The number of nitrogens with zero attached hydrogens (tertiary/aromatic N) is 2. The number of sulfonamides is 1. The van der Waals surface area contributed by atoms with E-state index in [9.17, 15) is 18.0 Å². The van der Waals surface area contributed by atoms with Crippen LogP contribution in [0.2, 0.25) is 0 Å². The molecule has 9 heteroatoms. The quantitative estimate of drug-likeness (QED) is 0.284. The lowest BCUT2D eigenvalue weighted by molar-refractivity contribution is -0.140. The molecule has 0 heterocycles. The second-order valence-electron chi connectivity index (χ2n) is 11.2. The molecule has 0 aliphatic heterocycles. The molecular weight excluding hydrogens is 550 g/mol. The molecule has 0 aromatic heterocycles. The van der Waals surface area contributed by atoms with E-state index in [-0.39, 0.29) is 30.7 Å². The van der Waals surface area contributed by atoms with Crippen LogP contribution in [0.1, 0.15) is 50.3 Å². The average molecular weight is 594 g/mol. The topological polar surface area (TPSA) is 96.0 Å². The molecule has 0 saturated carbocycles. The van der Waals surface area contributed by atoms with Gasteiger partial charge in [0.25, 0.3) is 0 Å². The number of amides is 2. The molecule has 226 valence electrons. The van der Waals surface area contributed by atoms with Crippen LogP contribution in [0.4, 0.5) is 5.69 Å². The lowest BCUT2D eigenvalue weighted by Gasteiger charge is -2.34. The van der Waals surface area contributed by atoms with Crippen molar-refractivity contribution in [2.75, 3.05) is 30.8 Å². The van der Waals surface area contributed by atoms with Crippen LogP contribution in [-0.4, -0.2) is 57.6 Å². The van der Waals surface area contributed by atoms with Crippen molar-refractivity contribution in [3.8, 4) is 5.75 Å². The highest BCUT2D eigenvalue weighted by Crippen LogP contribution is 2.29. The molecule has 3 rings (SSSR count). The Hall–Kier alpha value is -3.85. The number of benzene rings is 3. The van der Waals surface area contributed by atoms with E-state index in [1.807, 2.05) is 88.4 Å². The third kappa shape index (κ3) is 9.08. The Morgan fingerprint density at radius 2 is 1.52 bits per heavy atom. The standard InChI is InChI=1S/C33H43N3O5S/c1-24(2)21-34-33(38)31(20-26-13-8-7-9-14-26)35(22-27-15-12-16-28(19-27)41-5)32(37)23-36(42(6,39)40)30-18-11-10-17-29(30)25(3)4/h7-19,24-25,31H,20-23H2,1-6H3,(H,34,38)/t31-/m0/s1. The van der Waals surface area contributed by atoms with Crippen LogP contribution in [0.15, 0.2) is 78.9 Å². The van der Waals surface area contributed by atoms with Gasteiger partial charge in [-0.3, -0.25) is 13.9 Å².